The van der Waals surface area contributed by atoms with Crippen molar-refractivity contribution in [2.24, 2.45) is 4.99 Å². The molecule has 2 heterocycles. The zero-order valence-corrected chi connectivity index (χ0v) is 16.5. The van der Waals surface area contributed by atoms with Crippen LogP contribution in [0.15, 0.2) is 4.99 Å². The highest BCUT2D eigenvalue weighted by molar-refractivity contribution is 14.0. The van der Waals surface area contributed by atoms with Crippen LogP contribution >= 0.6 is 35.7 Å². The third-order valence-electron chi connectivity index (χ3n) is 4.36. The quantitative estimate of drug-likeness (QED) is 0.394. The van der Waals surface area contributed by atoms with Gasteiger partial charge in [0.05, 0.1) is 6.10 Å². The molecule has 2 fully saturated rings. The van der Waals surface area contributed by atoms with Crippen molar-refractivity contribution in [1.82, 2.24) is 15.5 Å². The molecule has 2 atom stereocenters. The summed E-state index contributed by atoms with van der Waals surface area (Å²) in [4.78, 5) is 6.67. The molecule has 0 aromatic carbocycles. The summed E-state index contributed by atoms with van der Waals surface area (Å²) in [6.45, 7) is 2.70. The summed E-state index contributed by atoms with van der Waals surface area (Å²) in [5.41, 5.74) is 0.256. The summed E-state index contributed by atoms with van der Waals surface area (Å²) in [6.07, 6.45) is 3.92. The van der Waals surface area contributed by atoms with Gasteiger partial charge in [0.15, 0.2) is 5.96 Å². The average molecular weight is 428 g/mol. The summed E-state index contributed by atoms with van der Waals surface area (Å²) in [7, 11) is 6.18. The van der Waals surface area contributed by atoms with E-state index in [1.807, 2.05) is 18.8 Å². The van der Waals surface area contributed by atoms with E-state index in [2.05, 4.69) is 34.6 Å². The maximum atomic E-state index is 5.63. The first kappa shape index (κ1) is 19.3. The summed E-state index contributed by atoms with van der Waals surface area (Å²) in [5.74, 6) is 3.33. The van der Waals surface area contributed by atoms with E-state index in [4.69, 9.17) is 4.74 Å². The van der Waals surface area contributed by atoms with Crippen LogP contribution in [0.5, 0.6) is 0 Å². The predicted octanol–water partition coefficient (Wildman–Crippen LogP) is 1.39. The smallest absolute Gasteiger partial charge is 0.191 e. The fourth-order valence-electron chi connectivity index (χ4n) is 2.73. The van der Waals surface area contributed by atoms with Crippen molar-refractivity contribution in [2.45, 2.75) is 30.9 Å². The number of rotatable bonds is 5. The van der Waals surface area contributed by atoms with Crippen molar-refractivity contribution in [2.75, 3.05) is 52.3 Å². The van der Waals surface area contributed by atoms with Crippen molar-refractivity contribution in [3.05, 3.63) is 0 Å². The van der Waals surface area contributed by atoms with Gasteiger partial charge in [-0.15, -0.1) is 24.0 Å². The lowest BCUT2D eigenvalue weighted by molar-refractivity contribution is 0.113. The molecule has 124 valence electrons. The summed E-state index contributed by atoms with van der Waals surface area (Å²) < 4.78 is 5.63. The van der Waals surface area contributed by atoms with Gasteiger partial charge in [0, 0.05) is 38.0 Å². The Morgan fingerprint density at radius 1 is 1.43 bits per heavy atom. The van der Waals surface area contributed by atoms with Crippen molar-refractivity contribution < 1.29 is 4.74 Å². The van der Waals surface area contributed by atoms with Gasteiger partial charge in [-0.25, -0.2) is 0 Å². The largest absolute Gasteiger partial charge is 0.376 e. The minimum absolute atomic E-state index is 0. The topological polar surface area (TPSA) is 48.9 Å². The number of nitrogens with zero attached hydrogens (tertiary/aromatic N) is 2. The van der Waals surface area contributed by atoms with Crippen LogP contribution in [0.25, 0.3) is 0 Å². The SMILES string of the molecule is CN=C(NCC1CCCO1)NCC1(N(C)C)CCSC1.I. The molecule has 0 aromatic rings. The number of aliphatic imine (C=N–C) groups is 1. The van der Waals surface area contributed by atoms with E-state index in [9.17, 15) is 0 Å². The fraction of sp³-hybridized carbons (Fsp3) is 0.929. The molecule has 2 saturated heterocycles. The third kappa shape index (κ3) is 5.44. The highest BCUT2D eigenvalue weighted by atomic mass is 127. The van der Waals surface area contributed by atoms with Crippen molar-refractivity contribution in [3.8, 4) is 0 Å². The lowest BCUT2D eigenvalue weighted by atomic mass is 9.97. The number of ether oxygens (including phenoxy) is 1. The van der Waals surface area contributed by atoms with E-state index in [0.717, 1.165) is 32.1 Å². The molecule has 2 unspecified atom stereocenters. The fourth-order valence-corrected chi connectivity index (χ4v) is 4.28. The Morgan fingerprint density at radius 2 is 2.24 bits per heavy atom. The Bertz CT molecular complexity index is 329. The number of guanidine groups is 1. The molecule has 7 heteroatoms. The zero-order valence-electron chi connectivity index (χ0n) is 13.4. The Kier molecular flexibility index (Phi) is 8.66. The zero-order chi connectivity index (χ0) is 14.4. The lowest BCUT2D eigenvalue weighted by Gasteiger charge is -2.36. The van der Waals surface area contributed by atoms with Crippen LogP contribution in [-0.4, -0.2) is 74.8 Å². The average Bonchev–Trinajstić information content (AvgIpc) is 3.10. The molecule has 0 aromatic heterocycles. The molecule has 0 bridgehead atoms. The lowest BCUT2D eigenvalue weighted by Crippen LogP contribution is -2.55. The first-order valence-electron chi connectivity index (χ1n) is 7.47. The van der Waals surface area contributed by atoms with E-state index >= 15 is 0 Å². The van der Waals surface area contributed by atoms with Crippen LogP contribution in [0.1, 0.15) is 19.3 Å². The number of hydrogen-bond donors (Lipinski definition) is 2. The van der Waals surface area contributed by atoms with E-state index in [-0.39, 0.29) is 29.5 Å². The normalized spacial score (nSPS) is 29.5. The van der Waals surface area contributed by atoms with Crippen molar-refractivity contribution in [3.63, 3.8) is 0 Å². The summed E-state index contributed by atoms with van der Waals surface area (Å²) in [6, 6.07) is 0. The van der Waals surface area contributed by atoms with E-state index < -0.39 is 0 Å². The highest BCUT2D eigenvalue weighted by Crippen LogP contribution is 2.31. The Hall–Kier alpha value is 0.270. The first-order chi connectivity index (χ1) is 9.66. The standard InChI is InChI=1S/C14H28N4OS.HI/c1-15-13(16-9-12-5-4-7-19-12)17-10-14(18(2)3)6-8-20-11-14;/h12H,4-11H2,1-3H3,(H2,15,16,17);1H. The molecular formula is C14H29IN4OS. The minimum atomic E-state index is 0. The molecule has 0 amide bonds. The van der Waals surface area contributed by atoms with Gasteiger partial charge in [0.1, 0.15) is 0 Å². The molecular weight excluding hydrogens is 399 g/mol. The maximum Gasteiger partial charge on any atom is 0.191 e. The van der Waals surface area contributed by atoms with Crippen molar-refractivity contribution in [1.29, 1.82) is 0 Å². The number of likely N-dealkylation sites (N-methyl/N-ethyl adjacent to an activating group) is 1. The van der Waals surface area contributed by atoms with Crippen LogP contribution in [0.4, 0.5) is 0 Å². The highest BCUT2D eigenvalue weighted by Gasteiger charge is 2.36. The van der Waals surface area contributed by atoms with E-state index in [1.165, 1.54) is 24.3 Å². The minimum Gasteiger partial charge on any atom is -0.376 e. The van der Waals surface area contributed by atoms with Gasteiger partial charge < -0.3 is 20.3 Å². The molecule has 0 radical (unpaired) electrons. The molecule has 2 rings (SSSR count). The first-order valence-corrected chi connectivity index (χ1v) is 8.63. The van der Waals surface area contributed by atoms with Crippen LogP contribution in [-0.2, 0) is 4.74 Å². The van der Waals surface area contributed by atoms with Crippen LogP contribution in [0, 0.1) is 0 Å². The molecule has 21 heavy (non-hydrogen) atoms. The second-order valence-electron chi connectivity index (χ2n) is 5.86. The number of hydrogen-bond acceptors (Lipinski definition) is 4. The molecule has 0 spiro atoms. The van der Waals surface area contributed by atoms with Gasteiger partial charge in [-0.3, -0.25) is 4.99 Å². The Labute approximate surface area is 150 Å². The number of nitrogens with one attached hydrogen (secondary N) is 2. The van der Waals surface area contributed by atoms with Crippen molar-refractivity contribution >= 4 is 41.7 Å². The van der Waals surface area contributed by atoms with Crippen LogP contribution in [0.3, 0.4) is 0 Å². The van der Waals surface area contributed by atoms with Gasteiger partial charge in [-0.05, 0) is 39.1 Å². The third-order valence-corrected chi connectivity index (χ3v) is 5.60. The van der Waals surface area contributed by atoms with Gasteiger partial charge >= 0.3 is 0 Å². The van der Waals surface area contributed by atoms with E-state index in [1.54, 1.807) is 0 Å². The second-order valence-corrected chi connectivity index (χ2v) is 6.97. The van der Waals surface area contributed by atoms with Gasteiger partial charge in [0.25, 0.3) is 0 Å². The molecule has 5 nitrogen and oxygen atoms in total. The van der Waals surface area contributed by atoms with Gasteiger partial charge in [-0.1, -0.05) is 0 Å². The molecule has 0 aliphatic carbocycles. The van der Waals surface area contributed by atoms with Gasteiger partial charge in [-0.2, -0.15) is 11.8 Å². The molecule has 0 saturated carbocycles. The Morgan fingerprint density at radius 3 is 2.76 bits per heavy atom. The summed E-state index contributed by atoms with van der Waals surface area (Å²) >= 11 is 2.04. The predicted molar refractivity (Wildman–Crippen MR) is 102 cm³/mol. The molecule has 2 aliphatic heterocycles. The van der Waals surface area contributed by atoms with Crippen LogP contribution < -0.4 is 10.6 Å². The maximum absolute atomic E-state index is 5.63. The van der Waals surface area contributed by atoms with Crippen LogP contribution in [0.2, 0.25) is 0 Å². The molecule has 2 N–H and O–H groups in total. The van der Waals surface area contributed by atoms with E-state index in [0.29, 0.717) is 6.10 Å². The second kappa shape index (κ2) is 9.42. The van der Waals surface area contributed by atoms with Gasteiger partial charge in [0.2, 0.25) is 0 Å². The Balaban J connectivity index is 0.00000220. The molecule has 2 aliphatic rings. The summed E-state index contributed by atoms with van der Waals surface area (Å²) in [5, 5.41) is 6.87. The monoisotopic (exact) mass is 428 g/mol. The number of thioether (sulfide) groups is 1. The number of halogens is 1.